The first-order chi connectivity index (χ1) is 9.37. The van der Waals surface area contributed by atoms with Gasteiger partial charge in [-0.1, -0.05) is 19.1 Å². The number of nitrogens with one attached hydrogen (secondary N) is 1. The van der Waals surface area contributed by atoms with Crippen LogP contribution in [0.1, 0.15) is 24.5 Å². The van der Waals surface area contributed by atoms with Gasteiger partial charge in [0.1, 0.15) is 0 Å². The van der Waals surface area contributed by atoms with Crippen LogP contribution < -0.4 is 5.32 Å². The molecule has 20 heavy (non-hydrogen) atoms. The molecule has 0 aliphatic heterocycles. The Hall–Kier alpha value is -1.47. The Morgan fingerprint density at radius 3 is 2.60 bits per heavy atom. The second-order valence-electron chi connectivity index (χ2n) is 4.65. The van der Waals surface area contributed by atoms with Crippen molar-refractivity contribution in [3.8, 4) is 0 Å². The molecule has 112 valence electrons. The summed E-state index contributed by atoms with van der Waals surface area (Å²) in [7, 11) is -2.99. The molecule has 1 aromatic rings. The summed E-state index contributed by atoms with van der Waals surface area (Å²) in [4.78, 5) is 10.4. The van der Waals surface area contributed by atoms with Crippen LogP contribution in [0.4, 0.5) is 5.69 Å². The van der Waals surface area contributed by atoms with Crippen LogP contribution in [-0.2, 0) is 16.4 Å². The molecule has 6 nitrogen and oxygen atoms in total. The van der Waals surface area contributed by atoms with E-state index in [4.69, 9.17) is 0 Å². The summed E-state index contributed by atoms with van der Waals surface area (Å²) in [5, 5.41) is 13.8. The Morgan fingerprint density at radius 2 is 2.00 bits per heavy atom. The van der Waals surface area contributed by atoms with E-state index < -0.39 is 14.8 Å². The largest absolute Gasteiger partial charge is 0.312 e. The van der Waals surface area contributed by atoms with Crippen LogP contribution in [0.25, 0.3) is 0 Å². The third-order valence-corrected chi connectivity index (χ3v) is 4.89. The van der Waals surface area contributed by atoms with Gasteiger partial charge in [0.05, 0.1) is 10.7 Å². The lowest BCUT2D eigenvalue weighted by Crippen LogP contribution is -2.24. The first-order valence-electron chi connectivity index (χ1n) is 6.51. The van der Waals surface area contributed by atoms with Gasteiger partial charge < -0.3 is 5.32 Å². The SMILES string of the molecule is CCCS(=O)(=O)CCNCc1cccc([N+](=O)[O-])c1C. The monoisotopic (exact) mass is 300 g/mol. The van der Waals surface area contributed by atoms with Crippen molar-refractivity contribution in [2.24, 2.45) is 0 Å². The Labute approximate surface area is 119 Å². The molecular weight excluding hydrogens is 280 g/mol. The molecule has 0 saturated heterocycles. The molecule has 1 aromatic carbocycles. The van der Waals surface area contributed by atoms with Gasteiger partial charge in [0.2, 0.25) is 0 Å². The van der Waals surface area contributed by atoms with Crippen LogP contribution in [0.15, 0.2) is 18.2 Å². The zero-order chi connectivity index (χ0) is 15.2. The van der Waals surface area contributed by atoms with E-state index in [0.29, 0.717) is 25.1 Å². The van der Waals surface area contributed by atoms with Crippen molar-refractivity contribution in [1.82, 2.24) is 5.32 Å². The van der Waals surface area contributed by atoms with Crippen LogP contribution in [0.3, 0.4) is 0 Å². The highest BCUT2D eigenvalue weighted by Crippen LogP contribution is 2.20. The van der Waals surface area contributed by atoms with Crippen molar-refractivity contribution in [2.45, 2.75) is 26.8 Å². The standard InChI is InChI=1S/C13H20N2O4S/c1-3-8-20(18,19)9-7-14-10-12-5-4-6-13(11(12)2)15(16)17/h4-6,14H,3,7-10H2,1-2H3. The number of rotatable bonds is 8. The summed E-state index contributed by atoms with van der Waals surface area (Å²) in [6, 6.07) is 4.90. The second-order valence-corrected chi connectivity index (χ2v) is 6.95. The molecule has 0 heterocycles. The van der Waals surface area contributed by atoms with E-state index in [1.807, 2.05) is 6.92 Å². The Bertz CT molecular complexity index is 570. The molecule has 0 aliphatic rings. The van der Waals surface area contributed by atoms with Gasteiger partial charge in [-0.3, -0.25) is 10.1 Å². The van der Waals surface area contributed by atoms with Gasteiger partial charge in [-0.15, -0.1) is 0 Å². The van der Waals surface area contributed by atoms with Gasteiger partial charge in [0.15, 0.2) is 9.84 Å². The van der Waals surface area contributed by atoms with E-state index in [-0.39, 0.29) is 17.2 Å². The third-order valence-electron chi connectivity index (χ3n) is 3.03. The van der Waals surface area contributed by atoms with E-state index in [2.05, 4.69) is 5.32 Å². The molecule has 1 rings (SSSR count). The highest BCUT2D eigenvalue weighted by molar-refractivity contribution is 7.91. The molecule has 7 heteroatoms. The predicted molar refractivity (Wildman–Crippen MR) is 78.5 cm³/mol. The van der Waals surface area contributed by atoms with Crippen LogP contribution in [-0.4, -0.2) is 31.4 Å². The molecule has 0 aliphatic carbocycles. The van der Waals surface area contributed by atoms with E-state index >= 15 is 0 Å². The van der Waals surface area contributed by atoms with Crippen molar-refractivity contribution >= 4 is 15.5 Å². The van der Waals surface area contributed by atoms with Gasteiger partial charge in [-0.2, -0.15) is 0 Å². The van der Waals surface area contributed by atoms with Crippen molar-refractivity contribution < 1.29 is 13.3 Å². The molecule has 0 unspecified atom stereocenters. The Morgan fingerprint density at radius 1 is 1.30 bits per heavy atom. The molecular formula is C13H20N2O4S. The third kappa shape index (κ3) is 4.90. The summed E-state index contributed by atoms with van der Waals surface area (Å²) in [5.41, 5.74) is 1.51. The van der Waals surface area contributed by atoms with Gasteiger partial charge >= 0.3 is 0 Å². The minimum Gasteiger partial charge on any atom is -0.312 e. The fourth-order valence-electron chi connectivity index (χ4n) is 1.92. The van der Waals surface area contributed by atoms with Crippen LogP contribution in [0.5, 0.6) is 0 Å². The summed E-state index contributed by atoms with van der Waals surface area (Å²) >= 11 is 0. The van der Waals surface area contributed by atoms with Crippen LogP contribution >= 0.6 is 0 Å². The molecule has 0 bridgehead atoms. The lowest BCUT2D eigenvalue weighted by molar-refractivity contribution is -0.385. The second kappa shape index (κ2) is 7.35. The topological polar surface area (TPSA) is 89.3 Å². The molecule has 0 atom stereocenters. The van der Waals surface area contributed by atoms with E-state index in [0.717, 1.165) is 5.56 Å². The molecule has 0 fully saturated rings. The fourth-order valence-corrected chi connectivity index (χ4v) is 3.20. The normalized spacial score (nSPS) is 11.5. The quantitative estimate of drug-likeness (QED) is 0.449. The van der Waals surface area contributed by atoms with Gasteiger partial charge in [-0.25, -0.2) is 8.42 Å². The van der Waals surface area contributed by atoms with Crippen molar-refractivity contribution in [2.75, 3.05) is 18.1 Å². The number of benzene rings is 1. The average molecular weight is 300 g/mol. The number of nitrogens with zero attached hydrogens (tertiary/aromatic N) is 1. The summed E-state index contributed by atoms with van der Waals surface area (Å²) < 4.78 is 23.0. The zero-order valence-corrected chi connectivity index (χ0v) is 12.6. The van der Waals surface area contributed by atoms with Gasteiger partial charge in [0.25, 0.3) is 5.69 Å². The van der Waals surface area contributed by atoms with E-state index in [1.54, 1.807) is 19.1 Å². The predicted octanol–water partition coefficient (Wildman–Crippen LogP) is 1.82. The maximum Gasteiger partial charge on any atom is 0.272 e. The van der Waals surface area contributed by atoms with E-state index in [9.17, 15) is 18.5 Å². The highest BCUT2D eigenvalue weighted by Gasteiger charge is 2.13. The average Bonchev–Trinajstić information content (AvgIpc) is 2.35. The summed E-state index contributed by atoms with van der Waals surface area (Å²) in [6.07, 6.45) is 0.617. The Kier molecular flexibility index (Phi) is 6.09. The van der Waals surface area contributed by atoms with E-state index in [1.165, 1.54) is 6.07 Å². The smallest absolute Gasteiger partial charge is 0.272 e. The van der Waals surface area contributed by atoms with Crippen LogP contribution in [0, 0.1) is 17.0 Å². The van der Waals surface area contributed by atoms with Gasteiger partial charge in [-0.05, 0) is 18.9 Å². The minimum atomic E-state index is -2.99. The number of hydrogen-bond donors (Lipinski definition) is 1. The number of hydrogen-bond acceptors (Lipinski definition) is 5. The summed E-state index contributed by atoms with van der Waals surface area (Å²) in [5.74, 6) is 0.291. The van der Waals surface area contributed by atoms with Crippen molar-refractivity contribution in [1.29, 1.82) is 0 Å². The Balaban J connectivity index is 2.55. The lowest BCUT2D eigenvalue weighted by atomic mass is 10.1. The van der Waals surface area contributed by atoms with Crippen LogP contribution in [0.2, 0.25) is 0 Å². The maximum absolute atomic E-state index is 11.5. The first-order valence-corrected chi connectivity index (χ1v) is 8.33. The number of sulfone groups is 1. The number of nitro groups is 1. The number of nitro benzene ring substituents is 1. The fraction of sp³-hybridized carbons (Fsp3) is 0.538. The highest BCUT2D eigenvalue weighted by atomic mass is 32.2. The minimum absolute atomic E-state index is 0.0860. The molecule has 0 saturated carbocycles. The van der Waals surface area contributed by atoms with Crippen molar-refractivity contribution in [3.63, 3.8) is 0 Å². The molecule has 0 spiro atoms. The van der Waals surface area contributed by atoms with Gasteiger partial charge in [0, 0.05) is 30.5 Å². The maximum atomic E-state index is 11.5. The first kappa shape index (κ1) is 16.6. The molecule has 0 radical (unpaired) electrons. The molecule has 0 amide bonds. The lowest BCUT2D eigenvalue weighted by Gasteiger charge is -2.08. The summed E-state index contributed by atoms with van der Waals surface area (Å²) in [6.45, 7) is 4.31. The molecule has 1 N–H and O–H groups in total. The zero-order valence-electron chi connectivity index (χ0n) is 11.8. The molecule has 0 aromatic heterocycles. The van der Waals surface area contributed by atoms with Crippen molar-refractivity contribution in [3.05, 3.63) is 39.4 Å².